The van der Waals surface area contributed by atoms with Crippen LogP contribution in [0.4, 0.5) is 0 Å². The molecule has 11 heavy (non-hydrogen) atoms. The summed E-state index contributed by atoms with van der Waals surface area (Å²) in [5.41, 5.74) is 0. The van der Waals surface area contributed by atoms with Crippen LogP contribution in [0, 0.1) is 0 Å². The van der Waals surface area contributed by atoms with E-state index in [0.717, 1.165) is 19.6 Å². The lowest BCUT2D eigenvalue weighted by atomic mass is 10.1. The van der Waals surface area contributed by atoms with E-state index in [1.807, 2.05) is 0 Å². The molecule has 3 heteroatoms. The number of aliphatic hydroxyl groups excluding tert-OH is 1. The molecule has 1 aliphatic heterocycles. The Kier molecular flexibility index (Phi) is 3.30. The van der Waals surface area contributed by atoms with Crippen molar-refractivity contribution in [1.82, 2.24) is 4.90 Å². The average Bonchev–Trinajstić information content (AvgIpc) is 2.04. The first-order valence-electron chi connectivity index (χ1n) is 4.20. The fraction of sp³-hybridized carbons (Fsp3) is 1.00. The number of rotatable bonds is 2. The molecule has 1 heterocycles. The molecule has 2 unspecified atom stereocenters. The topological polar surface area (TPSA) is 32.7 Å². The van der Waals surface area contributed by atoms with Crippen molar-refractivity contribution < 1.29 is 9.84 Å². The molecule has 3 nitrogen and oxygen atoms in total. The first kappa shape index (κ1) is 8.97. The second kappa shape index (κ2) is 4.04. The third-order valence-electron chi connectivity index (χ3n) is 2.31. The Morgan fingerprint density at radius 3 is 2.82 bits per heavy atom. The van der Waals surface area contributed by atoms with Crippen molar-refractivity contribution in [3.63, 3.8) is 0 Å². The Morgan fingerprint density at radius 2 is 2.36 bits per heavy atom. The van der Waals surface area contributed by atoms with Crippen molar-refractivity contribution in [2.75, 3.05) is 26.8 Å². The third kappa shape index (κ3) is 2.15. The number of likely N-dealkylation sites (N-methyl/N-ethyl adjacent to an activating group) is 1. The first-order valence-corrected chi connectivity index (χ1v) is 4.20. The Labute approximate surface area is 68.0 Å². The summed E-state index contributed by atoms with van der Waals surface area (Å²) in [7, 11) is 2.08. The summed E-state index contributed by atoms with van der Waals surface area (Å²) in [4.78, 5) is 2.25. The Morgan fingerprint density at radius 1 is 1.64 bits per heavy atom. The summed E-state index contributed by atoms with van der Waals surface area (Å²) < 4.78 is 5.41. The van der Waals surface area contributed by atoms with Crippen molar-refractivity contribution in [3.05, 3.63) is 0 Å². The van der Waals surface area contributed by atoms with Gasteiger partial charge in [0.25, 0.3) is 0 Å². The number of aliphatic hydroxyl groups is 1. The zero-order valence-corrected chi connectivity index (χ0v) is 7.29. The number of nitrogens with zero attached hydrogens (tertiary/aromatic N) is 1. The van der Waals surface area contributed by atoms with E-state index in [0.29, 0.717) is 6.04 Å². The number of hydrogen-bond acceptors (Lipinski definition) is 3. The number of morpholine rings is 1. The number of hydrogen-bond donors (Lipinski definition) is 1. The van der Waals surface area contributed by atoms with Crippen molar-refractivity contribution in [2.45, 2.75) is 25.5 Å². The van der Waals surface area contributed by atoms with Crippen LogP contribution in [-0.2, 0) is 4.74 Å². The lowest BCUT2D eigenvalue weighted by molar-refractivity contribution is -0.0744. The second-order valence-corrected chi connectivity index (χ2v) is 3.14. The summed E-state index contributed by atoms with van der Waals surface area (Å²) >= 11 is 0. The Bertz CT molecular complexity index is 119. The largest absolute Gasteiger partial charge is 0.394 e. The highest BCUT2D eigenvalue weighted by molar-refractivity contribution is 4.75. The zero-order chi connectivity index (χ0) is 8.27. The van der Waals surface area contributed by atoms with Crippen LogP contribution in [-0.4, -0.2) is 49.0 Å². The Balaban J connectivity index is 2.34. The van der Waals surface area contributed by atoms with Crippen LogP contribution in [0.2, 0.25) is 0 Å². The molecule has 0 aliphatic carbocycles. The molecule has 1 fully saturated rings. The van der Waals surface area contributed by atoms with Crippen LogP contribution in [0.3, 0.4) is 0 Å². The molecule has 1 aliphatic rings. The Hall–Kier alpha value is -0.120. The van der Waals surface area contributed by atoms with Gasteiger partial charge in [0.2, 0.25) is 0 Å². The van der Waals surface area contributed by atoms with Gasteiger partial charge in [-0.05, 0) is 13.5 Å². The molecular formula is C8H17NO2. The summed E-state index contributed by atoms with van der Waals surface area (Å²) in [6.07, 6.45) is 1.15. The second-order valence-electron chi connectivity index (χ2n) is 3.14. The van der Waals surface area contributed by atoms with Crippen LogP contribution >= 0.6 is 0 Å². The third-order valence-corrected chi connectivity index (χ3v) is 2.31. The summed E-state index contributed by atoms with van der Waals surface area (Å²) in [6.45, 7) is 3.91. The highest BCUT2D eigenvalue weighted by Crippen LogP contribution is 2.11. The smallest absolute Gasteiger partial charge is 0.0933 e. The molecule has 2 atom stereocenters. The minimum absolute atomic E-state index is 0.0304. The molecule has 1 saturated heterocycles. The average molecular weight is 159 g/mol. The minimum Gasteiger partial charge on any atom is -0.394 e. The molecule has 1 rings (SSSR count). The maximum atomic E-state index is 8.82. The predicted octanol–water partition coefficient (Wildman–Crippen LogP) is 0.0879. The van der Waals surface area contributed by atoms with Crippen molar-refractivity contribution in [2.24, 2.45) is 0 Å². The maximum absolute atomic E-state index is 8.82. The molecule has 0 radical (unpaired) electrons. The van der Waals surface area contributed by atoms with Crippen molar-refractivity contribution in [3.8, 4) is 0 Å². The van der Waals surface area contributed by atoms with Crippen LogP contribution in [0.15, 0.2) is 0 Å². The van der Waals surface area contributed by atoms with Crippen LogP contribution in [0.5, 0.6) is 0 Å². The standard InChI is InChI=1S/C8H17NO2/c1-3-7-6-11-8(5-10)4-9(7)2/h7-8,10H,3-6H2,1-2H3. The lowest BCUT2D eigenvalue weighted by Crippen LogP contribution is -2.48. The van der Waals surface area contributed by atoms with E-state index in [9.17, 15) is 0 Å². The van der Waals surface area contributed by atoms with Gasteiger partial charge >= 0.3 is 0 Å². The van der Waals surface area contributed by atoms with Gasteiger partial charge in [0, 0.05) is 12.6 Å². The van der Waals surface area contributed by atoms with E-state index in [1.165, 1.54) is 0 Å². The monoisotopic (exact) mass is 159 g/mol. The molecular weight excluding hydrogens is 142 g/mol. The van der Waals surface area contributed by atoms with E-state index in [-0.39, 0.29) is 12.7 Å². The van der Waals surface area contributed by atoms with Gasteiger partial charge in [0.15, 0.2) is 0 Å². The minimum atomic E-state index is 0.0304. The van der Waals surface area contributed by atoms with E-state index < -0.39 is 0 Å². The fourth-order valence-electron chi connectivity index (χ4n) is 1.44. The van der Waals surface area contributed by atoms with E-state index in [2.05, 4.69) is 18.9 Å². The van der Waals surface area contributed by atoms with E-state index in [4.69, 9.17) is 9.84 Å². The molecule has 1 N–H and O–H groups in total. The molecule has 0 aromatic rings. The quantitative estimate of drug-likeness (QED) is 0.619. The van der Waals surface area contributed by atoms with Gasteiger partial charge in [0.1, 0.15) is 0 Å². The molecule has 0 saturated carbocycles. The molecule has 0 bridgehead atoms. The maximum Gasteiger partial charge on any atom is 0.0933 e. The molecule has 0 spiro atoms. The van der Waals surface area contributed by atoms with Crippen LogP contribution < -0.4 is 0 Å². The normalized spacial score (nSPS) is 34.1. The first-order chi connectivity index (χ1) is 5.27. The molecule has 0 aromatic carbocycles. The molecule has 0 amide bonds. The van der Waals surface area contributed by atoms with Gasteiger partial charge in [-0.3, -0.25) is 4.90 Å². The van der Waals surface area contributed by atoms with E-state index >= 15 is 0 Å². The molecule has 0 aromatic heterocycles. The lowest BCUT2D eigenvalue weighted by Gasteiger charge is -2.36. The number of ether oxygens (including phenoxy) is 1. The van der Waals surface area contributed by atoms with Crippen LogP contribution in [0.25, 0.3) is 0 Å². The summed E-state index contributed by atoms with van der Waals surface area (Å²) in [5, 5.41) is 8.82. The fourth-order valence-corrected chi connectivity index (χ4v) is 1.44. The van der Waals surface area contributed by atoms with Gasteiger partial charge < -0.3 is 9.84 Å². The van der Waals surface area contributed by atoms with Gasteiger partial charge in [-0.25, -0.2) is 0 Å². The predicted molar refractivity (Wildman–Crippen MR) is 43.5 cm³/mol. The zero-order valence-electron chi connectivity index (χ0n) is 7.29. The van der Waals surface area contributed by atoms with E-state index in [1.54, 1.807) is 0 Å². The van der Waals surface area contributed by atoms with Gasteiger partial charge in [-0.1, -0.05) is 6.92 Å². The van der Waals surface area contributed by atoms with Crippen LogP contribution in [0.1, 0.15) is 13.3 Å². The SMILES string of the molecule is CCC1COC(CO)CN1C. The molecule has 66 valence electrons. The van der Waals surface area contributed by atoms with Crippen molar-refractivity contribution in [1.29, 1.82) is 0 Å². The summed E-state index contributed by atoms with van der Waals surface area (Å²) in [5.74, 6) is 0. The highest BCUT2D eigenvalue weighted by Gasteiger charge is 2.23. The summed E-state index contributed by atoms with van der Waals surface area (Å²) in [6, 6.07) is 0.540. The van der Waals surface area contributed by atoms with Gasteiger partial charge in [-0.15, -0.1) is 0 Å². The van der Waals surface area contributed by atoms with Crippen molar-refractivity contribution >= 4 is 0 Å². The highest BCUT2D eigenvalue weighted by atomic mass is 16.5. The van der Waals surface area contributed by atoms with Gasteiger partial charge in [-0.2, -0.15) is 0 Å². The van der Waals surface area contributed by atoms with Gasteiger partial charge in [0.05, 0.1) is 19.3 Å².